The van der Waals surface area contributed by atoms with Gasteiger partial charge < -0.3 is 5.32 Å². The van der Waals surface area contributed by atoms with Crippen LogP contribution in [0.5, 0.6) is 0 Å². The zero-order chi connectivity index (χ0) is 14.9. The van der Waals surface area contributed by atoms with Gasteiger partial charge in [-0.05, 0) is 69.2 Å². The van der Waals surface area contributed by atoms with Crippen LogP contribution in [0.1, 0.15) is 15.9 Å². The lowest BCUT2D eigenvalue weighted by molar-refractivity contribution is 0.102. The smallest absolute Gasteiger partial charge is 0.256 e. The lowest BCUT2D eigenvalue weighted by Crippen LogP contribution is -2.14. The highest BCUT2D eigenvalue weighted by Gasteiger charge is 2.15. The van der Waals surface area contributed by atoms with Crippen molar-refractivity contribution < 1.29 is 4.79 Å². The van der Waals surface area contributed by atoms with Crippen molar-refractivity contribution in [2.24, 2.45) is 0 Å². The van der Waals surface area contributed by atoms with Gasteiger partial charge >= 0.3 is 0 Å². The molecule has 0 aliphatic carbocycles. The molecule has 0 aromatic heterocycles. The van der Waals surface area contributed by atoms with Crippen molar-refractivity contribution in [2.45, 2.75) is 6.92 Å². The second-order valence-corrected chi connectivity index (χ2v) is 6.80. The third kappa shape index (κ3) is 3.30. The Morgan fingerprint density at radius 1 is 1.20 bits per heavy atom. The first kappa shape index (κ1) is 16.1. The molecule has 2 nitrogen and oxygen atoms in total. The quantitative estimate of drug-likeness (QED) is 0.416. The van der Waals surface area contributed by atoms with E-state index >= 15 is 0 Å². The number of hydrogen-bond acceptors (Lipinski definition) is 1. The van der Waals surface area contributed by atoms with Crippen LogP contribution in [0.4, 0.5) is 5.69 Å². The van der Waals surface area contributed by atoms with Crippen LogP contribution in [0.2, 0.25) is 10.0 Å². The van der Waals surface area contributed by atoms with Crippen LogP contribution in [0.15, 0.2) is 34.8 Å². The average Bonchev–Trinajstić information content (AvgIpc) is 2.42. The van der Waals surface area contributed by atoms with E-state index in [0.717, 1.165) is 9.13 Å². The molecule has 6 heteroatoms. The summed E-state index contributed by atoms with van der Waals surface area (Å²) in [4.78, 5) is 12.3. The molecule has 0 aliphatic rings. The predicted octanol–water partition coefficient (Wildman–Crippen LogP) is 5.92. The number of rotatable bonds is 2. The predicted molar refractivity (Wildman–Crippen MR) is 96.0 cm³/mol. The molecule has 0 saturated carbocycles. The zero-order valence-corrected chi connectivity index (χ0v) is 15.6. The van der Waals surface area contributed by atoms with E-state index in [4.69, 9.17) is 23.2 Å². The molecule has 0 unspecified atom stereocenters. The van der Waals surface area contributed by atoms with Crippen LogP contribution in [0.3, 0.4) is 0 Å². The zero-order valence-electron chi connectivity index (χ0n) is 10.3. The van der Waals surface area contributed by atoms with Gasteiger partial charge in [-0.1, -0.05) is 35.3 Å². The number of carbonyl (C=O) groups is 1. The van der Waals surface area contributed by atoms with Gasteiger partial charge in [0.15, 0.2) is 0 Å². The maximum atomic E-state index is 12.3. The number of nitrogens with one attached hydrogen (secondary N) is 1. The maximum Gasteiger partial charge on any atom is 0.256 e. The summed E-state index contributed by atoms with van der Waals surface area (Å²) >= 11 is 17.6. The fourth-order valence-electron chi connectivity index (χ4n) is 1.63. The van der Waals surface area contributed by atoms with Crippen LogP contribution in [-0.4, -0.2) is 5.91 Å². The molecule has 1 amide bonds. The van der Waals surface area contributed by atoms with E-state index in [1.165, 1.54) is 0 Å². The molecule has 0 radical (unpaired) electrons. The Labute approximate surface area is 149 Å². The minimum atomic E-state index is -0.210. The Morgan fingerprint density at radius 3 is 2.60 bits per heavy atom. The van der Waals surface area contributed by atoms with E-state index in [1.54, 1.807) is 18.2 Å². The van der Waals surface area contributed by atoms with E-state index in [-0.39, 0.29) is 5.91 Å². The van der Waals surface area contributed by atoms with Crippen molar-refractivity contribution in [2.75, 3.05) is 5.32 Å². The van der Waals surface area contributed by atoms with Gasteiger partial charge in [0.05, 0.1) is 21.3 Å². The number of benzene rings is 2. The Hall–Kier alpha value is -0.300. The van der Waals surface area contributed by atoms with E-state index in [9.17, 15) is 4.79 Å². The van der Waals surface area contributed by atoms with Crippen molar-refractivity contribution in [1.82, 2.24) is 0 Å². The molecule has 0 saturated heterocycles. The first-order chi connectivity index (χ1) is 9.41. The fraction of sp³-hybridized carbons (Fsp3) is 0.0714. The molecule has 20 heavy (non-hydrogen) atoms. The topological polar surface area (TPSA) is 29.1 Å². The van der Waals surface area contributed by atoms with Gasteiger partial charge in [0.25, 0.3) is 5.91 Å². The Kier molecular flexibility index (Phi) is 5.34. The molecule has 2 aromatic carbocycles. The summed E-state index contributed by atoms with van der Waals surface area (Å²) in [6.45, 7) is 1.96. The van der Waals surface area contributed by atoms with E-state index < -0.39 is 0 Å². The summed E-state index contributed by atoms with van der Waals surface area (Å²) < 4.78 is 1.61. The number of aryl methyl sites for hydroxylation is 1. The second-order valence-electron chi connectivity index (χ2n) is 4.11. The van der Waals surface area contributed by atoms with Crippen LogP contribution >= 0.6 is 61.7 Å². The summed E-state index contributed by atoms with van der Waals surface area (Å²) in [5.41, 5.74) is 2.15. The van der Waals surface area contributed by atoms with E-state index in [2.05, 4.69) is 43.8 Å². The summed E-state index contributed by atoms with van der Waals surface area (Å²) in [7, 11) is 0. The Morgan fingerprint density at radius 2 is 1.90 bits per heavy atom. The van der Waals surface area contributed by atoms with Gasteiger partial charge in [-0.25, -0.2) is 0 Å². The van der Waals surface area contributed by atoms with Crippen molar-refractivity contribution in [3.8, 4) is 0 Å². The molecule has 0 heterocycles. The summed E-state index contributed by atoms with van der Waals surface area (Å²) in [6, 6.07) is 9.03. The third-order valence-corrected chi connectivity index (χ3v) is 5.92. The van der Waals surface area contributed by atoms with E-state index in [0.29, 0.717) is 25.8 Å². The van der Waals surface area contributed by atoms with Crippen molar-refractivity contribution in [3.63, 3.8) is 0 Å². The molecule has 0 fully saturated rings. The molecule has 0 spiro atoms. The highest BCUT2D eigenvalue weighted by atomic mass is 127. The van der Waals surface area contributed by atoms with Gasteiger partial charge in [0.2, 0.25) is 0 Å². The van der Waals surface area contributed by atoms with Crippen LogP contribution in [0.25, 0.3) is 0 Å². The number of anilines is 1. The highest BCUT2D eigenvalue weighted by Crippen LogP contribution is 2.36. The number of hydrogen-bond donors (Lipinski definition) is 1. The number of halogens is 4. The molecule has 2 aromatic rings. The number of carbonyl (C=O) groups excluding carboxylic acids is 1. The lowest BCUT2D eigenvalue weighted by atomic mass is 10.1. The SMILES string of the molecule is Cc1cccc(C(=O)Nc2ccc(Br)c(Cl)c2Cl)c1I. The highest BCUT2D eigenvalue weighted by molar-refractivity contribution is 14.1. The third-order valence-electron chi connectivity index (χ3n) is 2.72. The molecule has 0 aliphatic heterocycles. The molecule has 1 N–H and O–H groups in total. The molecule has 0 atom stereocenters. The van der Waals surface area contributed by atoms with Gasteiger partial charge in [-0.3, -0.25) is 4.79 Å². The summed E-state index contributed by atoms with van der Waals surface area (Å²) in [5, 5.41) is 3.48. The maximum absolute atomic E-state index is 12.3. The van der Waals surface area contributed by atoms with Gasteiger partial charge in [0.1, 0.15) is 0 Å². The monoisotopic (exact) mass is 483 g/mol. The lowest BCUT2D eigenvalue weighted by Gasteiger charge is -2.11. The summed E-state index contributed by atoms with van der Waals surface area (Å²) in [5.74, 6) is -0.210. The van der Waals surface area contributed by atoms with Gasteiger partial charge in [-0.2, -0.15) is 0 Å². The Balaban J connectivity index is 2.33. The van der Waals surface area contributed by atoms with Crippen LogP contribution in [-0.2, 0) is 0 Å². The van der Waals surface area contributed by atoms with Gasteiger partial charge in [0, 0.05) is 8.04 Å². The van der Waals surface area contributed by atoms with Crippen LogP contribution in [0, 0.1) is 10.5 Å². The van der Waals surface area contributed by atoms with E-state index in [1.807, 2.05) is 19.1 Å². The molecular weight excluding hydrogens is 476 g/mol. The van der Waals surface area contributed by atoms with Crippen molar-refractivity contribution >= 4 is 73.3 Å². The van der Waals surface area contributed by atoms with Crippen molar-refractivity contribution in [3.05, 3.63) is 59.5 Å². The Bertz CT molecular complexity index is 691. The first-order valence-corrected chi connectivity index (χ1v) is 8.24. The largest absolute Gasteiger partial charge is 0.321 e. The minimum absolute atomic E-state index is 0.210. The fourth-order valence-corrected chi connectivity index (χ4v) is 3.06. The normalized spacial score (nSPS) is 10.4. The van der Waals surface area contributed by atoms with Crippen molar-refractivity contribution in [1.29, 1.82) is 0 Å². The minimum Gasteiger partial charge on any atom is -0.321 e. The van der Waals surface area contributed by atoms with Crippen LogP contribution < -0.4 is 5.32 Å². The average molecular weight is 485 g/mol. The first-order valence-electron chi connectivity index (χ1n) is 5.61. The molecule has 2 rings (SSSR count). The summed E-state index contributed by atoms with van der Waals surface area (Å²) in [6.07, 6.45) is 0. The standard InChI is InChI=1S/C14H9BrCl2INO/c1-7-3-2-4-8(13(7)18)14(20)19-10-6-5-9(15)11(16)12(10)17/h2-6H,1H3,(H,19,20). The second kappa shape index (κ2) is 6.64. The molecule has 0 bridgehead atoms. The molecular formula is C14H9BrCl2INO. The van der Waals surface area contributed by atoms with Gasteiger partial charge in [-0.15, -0.1) is 0 Å². The molecule has 104 valence electrons. The number of amides is 1.